The van der Waals surface area contributed by atoms with Crippen LogP contribution in [0.4, 0.5) is 0 Å². The zero-order valence-electron chi connectivity index (χ0n) is 18.2. The first-order valence-corrected chi connectivity index (χ1v) is 10.5. The van der Waals surface area contributed by atoms with Crippen LogP contribution in [0, 0.1) is 0 Å². The highest BCUT2D eigenvalue weighted by molar-refractivity contribution is 6.19. The Kier molecular flexibility index (Phi) is 4.36. The number of hydrogen-bond donors (Lipinski definition) is 3. The van der Waals surface area contributed by atoms with Gasteiger partial charge in [0.15, 0.2) is 5.54 Å². The third kappa shape index (κ3) is 3.94. The predicted octanol–water partition coefficient (Wildman–Crippen LogP) is 1.27. The van der Waals surface area contributed by atoms with E-state index in [4.69, 9.17) is 10.5 Å². The number of aliphatic imine (C=N–C) groups is 2. The molecule has 4 aliphatic heterocycles. The summed E-state index contributed by atoms with van der Waals surface area (Å²) in [6.45, 7) is 5.53. The van der Waals surface area contributed by atoms with Crippen LogP contribution < -0.4 is 21.7 Å². The Morgan fingerprint density at radius 3 is 2.50 bits per heavy atom. The van der Waals surface area contributed by atoms with E-state index in [0.717, 1.165) is 22.1 Å². The maximum Gasteiger partial charge on any atom is 0.340 e. The van der Waals surface area contributed by atoms with Crippen molar-refractivity contribution in [1.82, 2.24) is 10.3 Å². The number of hydrogen-bond acceptors (Lipinski definition) is 6. The second kappa shape index (κ2) is 6.90. The lowest BCUT2D eigenvalue weighted by Crippen LogP contribution is -2.49. The second-order valence-electron chi connectivity index (χ2n) is 9.28. The van der Waals surface area contributed by atoms with E-state index >= 15 is 0 Å². The fraction of sp³-hybridized carbons (Fsp3) is 0.240. The van der Waals surface area contributed by atoms with E-state index < -0.39 is 22.8 Å². The van der Waals surface area contributed by atoms with E-state index in [1.807, 2.05) is 75.4 Å². The zero-order chi connectivity index (χ0) is 22.6. The van der Waals surface area contributed by atoms with Crippen molar-refractivity contribution in [1.29, 1.82) is 0 Å². The molecule has 7 heteroatoms. The van der Waals surface area contributed by atoms with Crippen LogP contribution in [0.2, 0.25) is 0 Å². The first-order chi connectivity index (χ1) is 15.1. The summed E-state index contributed by atoms with van der Waals surface area (Å²) in [6.07, 6.45) is 18.6. The zero-order valence-corrected chi connectivity index (χ0v) is 18.2. The normalized spacial score (nSPS) is 27.6. The minimum absolute atomic E-state index is 0.418. The molecule has 7 nitrogen and oxygen atoms in total. The fourth-order valence-electron chi connectivity index (χ4n) is 3.88. The summed E-state index contributed by atoms with van der Waals surface area (Å²) in [5.74, 6) is -0.418. The van der Waals surface area contributed by atoms with Crippen molar-refractivity contribution in [3.8, 4) is 0 Å². The van der Waals surface area contributed by atoms with E-state index in [-0.39, 0.29) is 0 Å². The van der Waals surface area contributed by atoms with Gasteiger partial charge in [0.1, 0.15) is 11.3 Å². The number of nitrogens with two attached hydrogens (primary N) is 1. The maximum absolute atomic E-state index is 13.3. The Balaban J connectivity index is 1.66. The van der Waals surface area contributed by atoms with Crippen molar-refractivity contribution < 1.29 is 9.53 Å². The number of fused-ring (bicyclic) bond motifs is 6. The molecule has 8 bridgehead atoms. The molecule has 0 spiro atoms. The summed E-state index contributed by atoms with van der Waals surface area (Å²) >= 11 is 0. The largest absolute Gasteiger partial charge is 0.458 e. The van der Waals surface area contributed by atoms with E-state index in [1.54, 1.807) is 18.2 Å². The van der Waals surface area contributed by atoms with Crippen molar-refractivity contribution in [3.05, 3.63) is 82.8 Å². The third-order valence-corrected chi connectivity index (χ3v) is 5.24. The molecule has 0 aliphatic carbocycles. The number of allylic oxidation sites excluding steroid dienone is 4. The third-order valence-electron chi connectivity index (χ3n) is 5.24. The highest BCUT2D eigenvalue weighted by Crippen LogP contribution is 2.29. The molecule has 5 heterocycles. The molecule has 0 fully saturated rings. The quantitative estimate of drug-likeness (QED) is 0.587. The average Bonchev–Trinajstić information content (AvgIpc) is 3.45. The number of esters is 1. The van der Waals surface area contributed by atoms with Crippen LogP contribution in [0.5, 0.6) is 0 Å². The molecule has 2 atom stereocenters. The van der Waals surface area contributed by atoms with Crippen molar-refractivity contribution in [3.63, 3.8) is 0 Å². The number of carbonyl (C=O) groups is 1. The van der Waals surface area contributed by atoms with Crippen molar-refractivity contribution in [2.75, 3.05) is 0 Å². The Hall–Kier alpha value is -3.71. The summed E-state index contributed by atoms with van der Waals surface area (Å²) in [4.78, 5) is 25.9. The standard InChI is InChI=1S/C25H25N5O2/c1-23(2,3)32-22(31)24-10-8-21(29-24)15-25(26)11-9-19(30-25)13-18-5-4-16(27-18)12-17-6-7-20(14-24)28-17/h4-15,27,29H,26H2,1-3H3. The molecular formula is C25H25N5O2. The number of carbonyl (C=O) groups excluding carboxylic acids is 1. The van der Waals surface area contributed by atoms with Gasteiger partial charge in [0.25, 0.3) is 0 Å². The average molecular weight is 428 g/mol. The van der Waals surface area contributed by atoms with E-state index in [2.05, 4.69) is 20.3 Å². The minimum Gasteiger partial charge on any atom is -0.458 e. The summed E-state index contributed by atoms with van der Waals surface area (Å²) < 4.78 is 5.73. The molecule has 1 aromatic rings. The number of H-pyrrole nitrogens is 1. The highest BCUT2D eigenvalue weighted by atomic mass is 16.6. The van der Waals surface area contributed by atoms with Gasteiger partial charge in [-0.2, -0.15) is 0 Å². The predicted molar refractivity (Wildman–Crippen MR) is 126 cm³/mol. The molecule has 1 aromatic heterocycles. The first kappa shape index (κ1) is 20.2. The van der Waals surface area contributed by atoms with Gasteiger partial charge in [-0.15, -0.1) is 0 Å². The van der Waals surface area contributed by atoms with Gasteiger partial charge < -0.3 is 20.8 Å². The smallest absolute Gasteiger partial charge is 0.340 e. The molecule has 0 radical (unpaired) electrons. The molecule has 4 N–H and O–H groups in total. The molecule has 4 aliphatic rings. The van der Waals surface area contributed by atoms with Crippen LogP contribution in [-0.2, 0) is 9.53 Å². The van der Waals surface area contributed by atoms with Gasteiger partial charge in [0.05, 0.1) is 17.1 Å². The van der Waals surface area contributed by atoms with Crippen molar-refractivity contribution in [2.45, 2.75) is 37.6 Å². The van der Waals surface area contributed by atoms with Gasteiger partial charge in [-0.3, -0.25) is 4.99 Å². The lowest BCUT2D eigenvalue weighted by molar-refractivity contribution is -0.158. The number of nitrogens with zero attached hydrogens (tertiary/aromatic N) is 2. The monoisotopic (exact) mass is 427 g/mol. The number of aromatic amines is 1. The van der Waals surface area contributed by atoms with E-state index in [0.29, 0.717) is 11.4 Å². The lowest BCUT2D eigenvalue weighted by atomic mass is 9.99. The fourth-order valence-corrected chi connectivity index (χ4v) is 3.88. The Morgan fingerprint density at radius 1 is 1.00 bits per heavy atom. The minimum atomic E-state index is -1.20. The number of rotatable bonds is 1. The van der Waals surface area contributed by atoms with E-state index in [9.17, 15) is 4.79 Å². The first-order valence-electron chi connectivity index (χ1n) is 10.5. The van der Waals surface area contributed by atoms with Crippen LogP contribution in [0.1, 0.15) is 20.8 Å². The topological polar surface area (TPSA) is 105 Å². The molecular weight excluding hydrogens is 402 g/mol. The van der Waals surface area contributed by atoms with Crippen LogP contribution in [0.25, 0.3) is 12.2 Å². The Bertz CT molecular complexity index is 1340. The van der Waals surface area contributed by atoms with Crippen molar-refractivity contribution >= 4 is 29.5 Å². The van der Waals surface area contributed by atoms with Gasteiger partial charge in [0, 0.05) is 16.4 Å². The molecule has 0 aromatic carbocycles. The molecule has 162 valence electrons. The molecule has 0 saturated carbocycles. The van der Waals surface area contributed by atoms with Crippen LogP contribution in [0.3, 0.4) is 0 Å². The van der Waals surface area contributed by atoms with Crippen LogP contribution >= 0.6 is 0 Å². The Labute approximate surface area is 185 Å². The molecule has 0 amide bonds. The van der Waals surface area contributed by atoms with Crippen LogP contribution in [-0.4, -0.2) is 39.2 Å². The number of ether oxygens (including phenoxy) is 1. The van der Waals surface area contributed by atoms with Gasteiger partial charge in [-0.1, -0.05) is 0 Å². The summed E-state index contributed by atoms with van der Waals surface area (Å²) in [5.41, 5.74) is 6.52. The lowest BCUT2D eigenvalue weighted by Gasteiger charge is -2.29. The van der Waals surface area contributed by atoms with Gasteiger partial charge in [0.2, 0.25) is 0 Å². The molecule has 32 heavy (non-hydrogen) atoms. The Morgan fingerprint density at radius 2 is 1.75 bits per heavy atom. The molecule has 5 rings (SSSR count). The number of nitrogens with one attached hydrogen (secondary N) is 2. The van der Waals surface area contributed by atoms with E-state index in [1.165, 1.54) is 0 Å². The number of aromatic nitrogens is 1. The summed E-state index contributed by atoms with van der Waals surface area (Å²) in [5, 5.41) is 5.12. The van der Waals surface area contributed by atoms with Crippen LogP contribution in [0.15, 0.2) is 82.1 Å². The van der Waals surface area contributed by atoms with Crippen molar-refractivity contribution in [2.24, 2.45) is 15.7 Å². The molecule has 2 unspecified atom stereocenters. The molecule has 0 saturated heterocycles. The summed E-state index contributed by atoms with van der Waals surface area (Å²) in [7, 11) is 0. The SMILES string of the molecule is CC(C)(C)OC(=O)C12C=CC(=CC3(N)C=CC(=N3)C=c3ccc([nH]3)=CC3=NC(=C1)C=C3)N2. The van der Waals surface area contributed by atoms with Gasteiger partial charge >= 0.3 is 5.97 Å². The maximum atomic E-state index is 13.3. The summed E-state index contributed by atoms with van der Waals surface area (Å²) in [6, 6.07) is 3.96. The second-order valence-corrected chi connectivity index (χ2v) is 9.28. The van der Waals surface area contributed by atoms with Gasteiger partial charge in [-0.25, -0.2) is 9.79 Å². The van der Waals surface area contributed by atoms with Gasteiger partial charge in [-0.05, 0) is 93.7 Å². The highest BCUT2D eigenvalue weighted by Gasteiger charge is 2.42.